The smallest absolute Gasteiger partial charge is 0.262 e. The maximum Gasteiger partial charge on any atom is 0.324 e. The molecule has 0 spiro atoms. The number of fused-ring (bicyclic) bond motifs is 2. The fourth-order valence-electron chi connectivity index (χ4n) is 3.12. The fourth-order valence-corrected chi connectivity index (χ4v) is 5.09. The third-order valence-corrected chi connectivity index (χ3v) is 7.38. The van der Waals surface area contributed by atoms with Gasteiger partial charge in [0.15, 0.2) is 0 Å². The van der Waals surface area contributed by atoms with Gasteiger partial charge in [0.1, 0.15) is 0 Å². The lowest BCUT2D eigenvalue weighted by atomic mass is 10.1. The number of nitrogens with one attached hydrogen (secondary N) is 2. The average molecular weight is 469 g/mol. The number of hydrogen-bond acceptors (Lipinski definition) is 6. The monoisotopic (exact) mass is 468 g/mol. The maximum absolute atomic E-state index is 12.5. The van der Waals surface area contributed by atoms with Crippen LogP contribution in [0.3, 0.4) is 0 Å². The SMILES string of the molecule is O=C(NS(=O)(=O)c1ccc2ccccc2c1)C(=O)NS(=O)(=O)c1ccc2ccccc2c1. The molecule has 0 saturated heterocycles. The van der Waals surface area contributed by atoms with Gasteiger partial charge >= 0.3 is 11.8 Å². The number of benzene rings is 4. The van der Waals surface area contributed by atoms with Crippen molar-refractivity contribution < 1.29 is 26.4 Å². The first-order valence-corrected chi connectivity index (χ1v) is 12.2. The van der Waals surface area contributed by atoms with Crippen molar-refractivity contribution in [1.82, 2.24) is 9.44 Å². The Hall–Kier alpha value is -3.76. The predicted octanol–water partition coefficient (Wildman–Crippen LogP) is 2.30. The standard InChI is InChI=1S/C22H16N2O6S2/c25-21(23-31(27,28)19-11-9-15-5-1-3-7-17(15)13-19)22(26)24-32(29,30)20-12-10-16-6-2-4-8-18(16)14-20/h1-14H,(H,23,25)(H,24,26). The molecule has 0 unspecified atom stereocenters. The first kappa shape index (κ1) is 21.5. The zero-order valence-electron chi connectivity index (χ0n) is 16.3. The number of carbonyl (C=O) groups is 2. The van der Waals surface area contributed by atoms with Crippen molar-refractivity contribution in [1.29, 1.82) is 0 Å². The number of carbonyl (C=O) groups excluding carboxylic acids is 2. The van der Waals surface area contributed by atoms with Crippen LogP contribution in [0.25, 0.3) is 21.5 Å². The third kappa shape index (κ3) is 4.32. The topological polar surface area (TPSA) is 126 Å². The van der Waals surface area contributed by atoms with Crippen LogP contribution in [0.5, 0.6) is 0 Å². The van der Waals surface area contributed by atoms with Gasteiger partial charge in [0.25, 0.3) is 20.0 Å². The molecule has 0 radical (unpaired) electrons. The highest BCUT2D eigenvalue weighted by Crippen LogP contribution is 2.20. The molecule has 4 rings (SSSR count). The predicted molar refractivity (Wildman–Crippen MR) is 119 cm³/mol. The van der Waals surface area contributed by atoms with Gasteiger partial charge < -0.3 is 0 Å². The van der Waals surface area contributed by atoms with Crippen molar-refractivity contribution in [2.75, 3.05) is 0 Å². The molecule has 0 bridgehead atoms. The minimum absolute atomic E-state index is 0.241. The van der Waals surface area contributed by atoms with Crippen LogP contribution in [0.1, 0.15) is 0 Å². The molecule has 0 aromatic heterocycles. The summed E-state index contributed by atoms with van der Waals surface area (Å²) in [6.45, 7) is 0. The van der Waals surface area contributed by atoms with Gasteiger partial charge in [0, 0.05) is 0 Å². The van der Waals surface area contributed by atoms with E-state index in [4.69, 9.17) is 0 Å². The van der Waals surface area contributed by atoms with E-state index in [1.807, 2.05) is 0 Å². The Morgan fingerprint density at radius 2 is 0.844 bits per heavy atom. The van der Waals surface area contributed by atoms with Crippen LogP contribution >= 0.6 is 0 Å². The zero-order valence-corrected chi connectivity index (χ0v) is 18.0. The Morgan fingerprint density at radius 1 is 0.500 bits per heavy atom. The first-order valence-electron chi connectivity index (χ1n) is 9.27. The summed E-state index contributed by atoms with van der Waals surface area (Å²) in [6, 6.07) is 22.3. The molecule has 2 amide bonds. The molecule has 0 heterocycles. The average Bonchev–Trinajstić information content (AvgIpc) is 2.77. The molecule has 0 aliphatic rings. The second-order valence-corrected chi connectivity index (χ2v) is 10.3. The zero-order chi connectivity index (χ0) is 22.9. The molecule has 0 saturated carbocycles. The third-order valence-electron chi connectivity index (χ3n) is 4.72. The van der Waals surface area contributed by atoms with Gasteiger partial charge in [-0.15, -0.1) is 0 Å². The molecule has 0 aliphatic heterocycles. The van der Waals surface area contributed by atoms with Crippen molar-refractivity contribution in [3.63, 3.8) is 0 Å². The van der Waals surface area contributed by atoms with E-state index in [-0.39, 0.29) is 9.79 Å². The molecule has 4 aromatic rings. The number of sulfonamides is 2. The van der Waals surface area contributed by atoms with E-state index in [0.717, 1.165) is 10.8 Å². The van der Waals surface area contributed by atoms with Gasteiger partial charge in [-0.25, -0.2) is 26.3 Å². The van der Waals surface area contributed by atoms with Crippen LogP contribution in [0.2, 0.25) is 0 Å². The summed E-state index contributed by atoms with van der Waals surface area (Å²) in [5.74, 6) is -3.25. The minimum atomic E-state index is -4.40. The summed E-state index contributed by atoms with van der Waals surface area (Å²) in [4.78, 5) is 23.8. The number of amides is 2. The van der Waals surface area contributed by atoms with Crippen LogP contribution in [0.15, 0.2) is 94.7 Å². The van der Waals surface area contributed by atoms with E-state index in [1.54, 1.807) is 70.1 Å². The maximum atomic E-state index is 12.5. The van der Waals surface area contributed by atoms with E-state index >= 15 is 0 Å². The quantitative estimate of drug-likeness (QED) is 0.443. The Balaban J connectivity index is 1.52. The van der Waals surface area contributed by atoms with Crippen LogP contribution in [0.4, 0.5) is 0 Å². The summed E-state index contributed by atoms with van der Waals surface area (Å²) in [5, 5.41) is 2.81. The molecule has 32 heavy (non-hydrogen) atoms. The summed E-state index contributed by atoms with van der Waals surface area (Å²) in [5.41, 5.74) is 0. The van der Waals surface area contributed by atoms with Crippen LogP contribution in [-0.2, 0) is 29.6 Å². The largest absolute Gasteiger partial charge is 0.324 e. The molecule has 162 valence electrons. The highest BCUT2D eigenvalue weighted by atomic mass is 32.2. The summed E-state index contributed by atoms with van der Waals surface area (Å²) in [6.07, 6.45) is 0. The molecule has 4 aromatic carbocycles. The molecule has 10 heteroatoms. The van der Waals surface area contributed by atoms with Crippen molar-refractivity contribution in [3.05, 3.63) is 84.9 Å². The van der Waals surface area contributed by atoms with Gasteiger partial charge in [0.2, 0.25) is 0 Å². The van der Waals surface area contributed by atoms with E-state index in [9.17, 15) is 26.4 Å². The minimum Gasteiger partial charge on any atom is -0.262 e. The molecular formula is C22H16N2O6S2. The van der Waals surface area contributed by atoms with Gasteiger partial charge in [-0.2, -0.15) is 0 Å². The second-order valence-electron chi connectivity index (χ2n) is 6.89. The summed E-state index contributed by atoms with van der Waals surface area (Å²) < 4.78 is 53.2. The van der Waals surface area contributed by atoms with Crippen molar-refractivity contribution in [2.24, 2.45) is 0 Å². The van der Waals surface area contributed by atoms with Crippen LogP contribution in [-0.4, -0.2) is 28.6 Å². The number of rotatable bonds is 4. The van der Waals surface area contributed by atoms with E-state index < -0.39 is 31.9 Å². The second kappa shape index (κ2) is 8.06. The highest BCUT2D eigenvalue weighted by Gasteiger charge is 2.27. The van der Waals surface area contributed by atoms with Gasteiger partial charge in [0.05, 0.1) is 9.79 Å². The van der Waals surface area contributed by atoms with Gasteiger partial charge in [-0.3, -0.25) is 9.59 Å². The van der Waals surface area contributed by atoms with E-state index in [2.05, 4.69) is 0 Å². The first-order chi connectivity index (χ1) is 15.2. The highest BCUT2D eigenvalue weighted by molar-refractivity contribution is 7.91. The lowest BCUT2D eigenvalue weighted by Crippen LogP contribution is -2.44. The molecule has 0 atom stereocenters. The Bertz CT molecular complexity index is 1470. The van der Waals surface area contributed by atoms with Crippen LogP contribution < -0.4 is 9.44 Å². The van der Waals surface area contributed by atoms with E-state index in [0.29, 0.717) is 10.8 Å². The van der Waals surface area contributed by atoms with Crippen molar-refractivity contribution >= 4 is 53.4 Å². The molecule has 0 fully saturated rings. The Kier molecular flexibility index (Phi) is 5.41. The molecule has 8 nitrogen and oxygen atoms in total. The normalized spacial score (nSPS) is 11.9. The Morgan fingerprint density at radius 3 is 1.22 bits per heavy atom. The van der Waals surface area contributed by atoms with Crippen LogP contribution in [0, 0.1) is 0 Å². The Labute approximate surface area is 184 Å². The van der Waals surface area contributed by atoms with Gasteiger partial charge in [-0.05, 0) is 45.8 Å². The van der Waals surface area contributed by atoms with Gasteiger partial charge in [-0.1, -0.05) is 60.7 Å². The number of hydrogen-bond donors (Lipinski definition) is 2. The van der Waals surface area contributed by atoms with E-state index in [1.165, 1.54) is 24.3 Å². The molecular weight excluding hydrogens is 452 g/mol. The lowest BCUT2D eigenvalue weighted by molar-refractivity contribution is -0.137. The van der Waals surface area contributed by atoms with Crippen molar-refractivity contribution in [3.8, 4) is 0 Å². The summed E-state index contributed by atoms with van der Waals surface area (Å²) in [7, 11) is -8.80. The lowest BCUT2D eigenvalue weighted by Gasteiger charge is -2.10. The molecule has 2 N–H and O–H groups in total. The molecule has 0 aliphatic carbocycles. The summed E-state index contributed by atoms with van der Waals surface area (Å²) >= 11 is 0. The van der Waals surface area contributed by atoms with Crippen molar-refractivity contribution in [2.45, 2.75) is 9.79 Å². The fraction of sp³-hybridized carbons (Fsp3) is 0.